The van der Waals surface area contributed by atoms with Crippen LogP contribution in [0.15, 0.2) is 36.4 Å². The molecule has 4 heteroatoms. The number of ether oxygens (including phenoxy) is 2. The number of halogens is 1. The molecule has 0 fully saturated rings. The quantitative estimate of drug-likeness (QED) is 0.797. The Labute approximate surface area is 117 Å². The van der Waals surface area contributed by atoms with Crippen LogP contribution in [0.1, 0.15) is 17.3 Å². The van der Waals surface area contributed by atoms with E-state index in [0.717, 1.165) is 0 Å². The van der Waals surface area contributed by atoms with Gasteiger partial charge in [0.05, 0.1) is 14.2 Å². The number of methoxy groups -OCH3 is 2. The van der Waals surface area contributed by atoms with E-state index in [9.17, 15) is 9.18 Å². The lowest BCUT2D eigenvalue weighted by atomic mass is 9.96. The minimum Gasteiger partial charge on any atom is -0.493 e. The second kappa shape index (κ2) is 5.74. The molecule has 3 nitrogen and oxygen atoms in total. The third-order valence-corrected chi connectivity index (χ3v) is 3.05. The standard InChI is InChI=1S/C16H15FO3/c1-10(18)14-9-11(17)7-8-12(14)13-5-4-6-15(19-2)16(13)20-3/h4-9H,1-3H3. The van der Waals surface area contributed by atoms with Gasteiger partial charge in [-0.05, 0) is 30.7 Å². The monoisotopic (exact) mass is 274 g/mol. The highest BCUT2D eigenvalue weighted by molar-refractivity contribution is 6.01. The molecule has 0 N–H and O–H groups in total. The topological polar surface area (TPSA) is 35.5 Å². The molecule has 0 unspecified atom stereocenters. The third-order valence-electron chi connectivity index (χ3n) is 3.05. The molecule has 0 saturated carbocycles. The van der Waals surface area contributed by atoms with Crippen LogP contribution in [0, 0.1) is 5.82 Å². The van der Waals surface area contributed by atoms with Crippen molar-refractivity contribution >= 4 is 5.78 Å². The predicted octanol–water partition coefficient (Wildman–Crippen LogP) is 3.71. The van der Waals surface area contributed by atoms with Crippen molar-refractivity contribution < 1.29 is 18.7 Å². The molecular formula is C16H15FO3. The van der Waals surface area contributed by atoms with Crippen LogP contribution in [0.3, 0.4) is 0 Å². The Kier molecular flexibility index (Phi) is 4.03. The van der Waals surface area contributed by atoms with Crippen LogP contribution in [0.4, 0.5) is 4.39 Å². The normalized spacial score (nSPS) is 10.2. The molecular weight excluding hydrogens is 259 g/mol. The first-order valence-corrected chi connectivity index (χ1v) is 6.10. The maximum absolute atomic E-state index is 13.3. The predicted molar refractivity (Wildman–Crippen MR) is 74.9 cm³/mol. The molecule has 0 spiro atoms. The van der Waals surface area contributed by atoms with Gasteiger partial charge in [0.2, 0.25) is 0 Å². The molecule has 0 bridgehead atoms. The Morgan fingerprint density at radius 2 is 1.80 bits per heavy atom. The highest BCUT2D eigenvalue weighted by Crippen LogP contribution is 2.39. The summed E-state index contributed by atoms with van der Waals surface area (Å²) in [6.45, 7) is 1.41. The molecule has 0 aliphatic rings. The van der Waals surface area contributed by atoms with Gasteiger partial charge in [-0.25, -0.2) is 4.39 Å². The number of benzene rings is 2. The average Bonchev–Trinajstić information content (AvgIpc) is 2.46. The fourth-order valence-electron chi connectivity index (χ4n) is 2.14. The SMILES string of the molecule is COc1cccc(-c2ccc(F)cc2C(C)=O)c1OC. The van der Waals surface area contributed by atoms with Crippen molar-refractivity contribution in [2.24, 2.45) is 0 Å². The summed E-state index contributed by atoms with van der Waals surface area (Å²) in [6.07, 6.45) is 0. The zero-order valence-electron chi connectivity index (χ0n) is 11.6. The summed E-state index contributed by atoms with van der Waals surface area (Å²) in [4.78, 5) is 11.7. The number of carbonyl (C=O) groups excluding carboxylic acids is 1. The summed E-state index contributed by atoms with van der Waals surface area (Å²) in [5.74, 6) is 0.429. The van der Waals surface area contributed by atoms with Crippen LogP contribution in [-0.4, -0.2) is 20.0 Å². The van der Waals surface area contributed by atoms with Gasteiger partial charge in [-0.1, -0.05) is 18.2 Å². The summed E-state index contributed by atoms with van der Waals surface area (Å²) >= 11 is 0. The Morgan fingerprint density at radius 1 is 1.05 bits per heavy atom. The van der Waals surface area contributed by atoms with Gasteiger partial charge in [0.25, 0.3) is 0 Å². The smallest absolute Gasteiger partial charge is 0.168 e. The van der Waals surface area contributed by atoms with E-state index in [1.807, 2.05) is 0 Å². The molecule has 2 rings (SSSR count). The molecule has 2 aromatic carbocycles. The molecule has 0 aliphatic carbocycles. The van der Waals surface area contributed by atoms with Gasteiger partial charge >= 0.3 is 0 Å². The molecule has 104 valence electrons. The van der Waals surface area contributed by atoms with Crippen LogP contribution >= 0.6 is 0 Å². The van der Waals surface area contributed by atoms with Crippen molar-refractivity contribution in [2.45, 2.75) is 6.92 Å². The second-order valence-electron chi connectivity index (χ2n) is 4.29. The molecule has 2 aromatic rings. The fourth-order valence-corrected chi connectivity index (χ4v) is 2.14. The van der Waals surface area contributed by atoms with Crippen molar-refractivity contribution in [3.63, 3.8) is 0 Å². The molecule has 0 atom stereocenters. The highest BCUT2D eigenvalue weighted by Gasteiger charge is 2.16. The van der Waals surface area contributed by atoms with E-state index in [0.29, 0.717) is 28.2 Å². The molecule has 0 aromatic heterocycles. The van der Waals surface area contributed by atoms with E-state index >= 15 is 0 Å². The van der Waals surface area contributed by atoms with Gasteiger partial charge < -0.3 is 9.47 Å². The first-order chi connectivity index (χ1) is 9.58. The molecule has 0 aliphatic heterocycles. The fraction of sp³-hybridized carbons (Fsp3) is 0.188. The van der Waals surface area contributed by atoms with Crippen LogP contribution in [0.25, 0.3) is 11.1 Å². The second-order valence-corrected chi connectivity index (χ2v) is 4.29. The van der Waals surface area contributed by atoms with Crippen molar-refractivity contribution in [1.82, 2.24) is 0 Å². The van der Waals surface area contributed by atoms with Gasteiger partial charge in [0, 0.05) is 11.1 Å². The number of rotatable bonds is 4. The lowest BCUT2D eigenvalue weighted by Crippen LogP contribution is -2.00. The van der Waals surface area contributed by atoms with Crippen LogP contribution < -0.4 is 9.47 Å². The van der Waals surface area contributed by atoms with E-state index in [1.54, 1.807) is 24.3 Å². The number of hydrogen-bond donors (Lipinski definition) is 0. The minimum absolute atomic E-state index is 0.204. The van der Waals surface area contributed by atoms with Gasteiger partial charge in [-0.2, -0.15) is 0 Å². The maximum Gasteiger partial charge on any atom is 0.168 e. The average molecular weight is 274 g/mol. The first-order valence-electron chi connectivity index (χ1n) is 6.10. The molecule has 0 saturated heterocycles. The number of hydrogen-bond acceptors (Lipinski definition) is 3. The maximum atomic E-state index is 13.3. The largest absolute Gasteiger partial charge is 0.493 e. The molecule has 0 amide bonds. The first kappa shape index (κ1) is 14.1. The van der Waals surface area contributed by atoms with E-state index in [-0.39, 0.29) is 5.78 Å². The van der Waals surface area contributed by atoms with Gasteiger partial charge in [0.1, 0.15) is 5.82 Å². The summed E-state index contributed by atoms with van der Waals surface area (Å²) in [5, 5.41) is 0. The highest BCUT2D eigenvalue weighted by atomic mass is 19.1. The van der Waals surface area contributed by atoms with Crippen molar-refractivity contribution in [1.29, 1.82) is 0 Å². The molecule has 20 heavy (non-hydrogen) atoms. The van der Waals surface area contributed by atoms with Crippen LogP contribution in [-0.2, 0) is 0 Å². The summed E-state index contributed by atoms with van der Waals surface area (Å²) in [5.41, 5.74) is 1.63. The Bertz CT molecular complexity index is 650. The Hall–Kier alpha value is -2.36. The number of para-hydroxylation sites is 1. The zero-order chi connectivity index (χ0) is 14.7. The van der Waals surface area contributed by atoms with E-state index in [4.69, 9.17) is 9.47 Å². The van der Waals surface area contributed by atoms with E-state index in [2.05, 4.69) is 0 Å². The van der Waals surface area contributed by atoms with Gasteiger partial charge in [0.15, 0.2) is 17.3 Å². The van der Waals surface area contributed by atoms with Crippen molar-refractivity contribution in [3.8, 4) is 22.6 Å². The number of Topliss-reactive ketones (excluding diaryl/α,β-unsaturated/α-hetero) is 1. The number of carbonyl (C=O) groups is 1. The molecule has 0 heterocycles. The number of ketones is 1. The summed E-state index contributed by atoms with van der Waals surface area (Å²) in [7, 11) is 3.07. The summed E-state index contributed by atoms with van der Waals surface area (Å²) in [6, 6.07) is 9.49. The zero-order valence-corrected chi connectivity index (χ0v) is 11.6. The third kappa shape index (κ3) is 2.50. The van der Waals surface area contributed by atoms with Crippen LogP contribution in [0.2, 0.25) is 0 Å². The van der Waals surface area contributed by atoms with Crippen molar-refractivity contribution in [3.05, 3.63) is 47.8 Å². The van der Waals surface area contributed by atoms with Gasteiger partial charge in [-0.15, -0.1) is 0 Å². The van der Waals surface area contributed by atoms with Gasteiger partial charge in [-0.3, -0.25) is 4.79 Å². The van der Waals surface area contributed by atoms with E-state index < -0.39 is 5.82 Å². The van der Waals surface area contributed by atoms with Crippen molar-refractivity contribution in [2.75, 3.05) is 14.2 Å². The lowest BCUT2D eigenvalue weighted by molar-refractivity contribution is 0.101. The molecule has 0 radical (unpaired) electrons. The summed E-state index contributed by atoms with van der Waals surface area (Å²) < 4.78 is 23.9. The van der Waals surface area contributed by atoms with E-state index in [1.165, 1.54) is 33.3 Å². The Balaban J connectivity index is 2.71. The lowest BCUT2D eigenvalue weighted by Gasteiger charge is -2.14. The Morgan fingerprint density at radius 3 is 2.40 bits per heavy atom. The minimum atomic E-state index is -0.444. The van der Waals surface area contributed by atoms with Crippen LogP contribution in [0.5, 0.6) is 11.5 Å².